The number of pyridine rings is 1. The number of amides is 2. The van der Waals surface area contributed by atoms with Crippen LogP contribution in [0.5, 0.6) is 0 Å². The third-order valence-electron chi connectivity index (χ3n) is 5.50. The average molecular weight is 397 g/mol. The largest absolute Gasteiger partial charge is 0.339 e. The van der Waals surface area contributed by atoms with E-state index in [9.17, 15) is 14.0 Å². The molecule has 2 saturated heterocycles. The lowest BCUT2D eigenvalue weighted by molar-refractivity contribution is -0.140. The summed E-state index contributed by atoms with van der Waals surface area (Å²) in [5.41, 5.74) is 8.03. The zero-order valence-corrected chi connectivity index (χ0v) is 16.1. The topological polar surface area (TPSA) is 77.6 Å². The molecule has 29 heavy (non-hydrogen) atoms. The van der Waals surface area contributed by atoms with Crippen molar-refractivity contribution in [1.29, 1.82) is 0 Å². The van der Waals surface area contributed by atoms with Gasteiger partial charge in [0.15, 0.2) is 0 Å². The van der Waals surface area contributed by atoms with Crippen molar-refractivity contribution in [2.75, 3.05) is 26.2 Å². The quantitative estimate of drug-likeness (QED) is 0.806. The molecule has 2 amide bonds. The normalized spacial score (nSPS) is 22.0. The van der Waals surface area contributed by atoms with Gasteiger partial charge < -0.3 is 9.80 Å². The van der Waals surface area contributed by atoms with E-state index in [0.717, 1.165) is 5.56 Å². The molecule has 2 atom stereocenters. The molecule has 2 aliphatic rings. The maximum absolute atomic E-state index is 13.3. The second kappa shape index (κ2) is 8.67. The number of nitrogens with one attached hydrogen (secondary N) is 2. The van der Waals surface area contributed by atoms with Crippen LogP contribution in [0.2, 0.25) is 0 Å². The van der Waals surface area contributed by atoms with E-state index in [1.807, 2.05) is 12.1 Å². The molecule has 0 saturated carbocycles. The van der Waals surface area contributed by atoms with Crippen molar-refractivity contribution in [2.24, 2.45) is 0 Å². The predicted molar refractivity (Wildman–Crippen MR) is 105 cm³/mol. The van der Waals surface area contributed by atoms with Gasteiger partial charge in [-0.05, 0) is 41.8 Å². The number of halogens is 1. The van der Waals surface area contributed by atoms with Crippen molar-refractivity contribution in [3.8, 4) is 0 Å². The first-order valence-corrected chi connectivity index (χ1v) is 9.82. The smallest absolute Gasteiger partial charge is 0.241 e. The summed E-state index contributed by atoms with van der Waals surface area (Å²) in [6.45, 7) is 2.00. The SMILES string of the molecule is O=C(Cc1cccc(F)c1)N1CCN(C(=O)C2CC(c3ccncc3)NN2)CC1. The number of nitrogens with zero attached hydrogens (tertiary/aromatic N) is 3. The van der Waals surface area contributed by atoms with Gasteiger partial charge in [-0.25, -0.2) is 15.2 Å². The maximum Gasteiger partial charge on any atom is 0.241 e. The highest BCUT2D eigenvalue weighted by molar-refractivity contribution is 5.83. The van der Waals surface area contributed by atoms with Crippen LogP contribution in [0.3, 0.4) is 0 Å². The molecule has 2 N–H and O–H groups in total. The number of carbonyl (C=O) groups excluding carboxylic acids is 2. The van der Waals surface area contributed by atoms with Crippen LogP contribution >= 0.6 is 0 Å². The third kappa shape index (κ3) is 4.60. The fraction of sp³-hybridized carbons (Fsp3) is 0.381. The standard InChI is InChI=1S/C21H24FN5O2/c22-17-3-1-2-15(12-17)13-20(28)26-8-10-27(11-9-26)21(29)19-14-18(24-25-19)16-4-6-23-7-5-16/h1-7,12,18-19,24-25H,8-11,13-14H2. The van der Waals surface area contributed by atoms with Gasteiger partial charge in [0, 0.05) is 44.6 Å². The number of hydrogen-bond donors (Lipinski definition) is 2. The highest BCUT2D eigenvalue weighted by atomic mass is 19.1. The van der Waals surface area contributed by atoms with Gasteiger partial charge in [0.25, 0.3) is 0 Å². The Morgan fingerprint density at radius 2 is 1.76 bits per heavy atom. The van der Waals surface area contributed by atoms with E-state index in [1.165, 1.54) is 12.1 Å². The maximum atomic E-state index is 13.3. The van der Waals surface area contributed by atoms with Gasteiger partial charge in [-0.2, -0.15) is 0 Å². The molecular formula is C21H24FN5O2. The summed E-state index contributed by atoms with van der Waals surface area (Å²) in [7, 11) is 0. The Hall–Kier alpha value is -2.84. The summed E-state index contributed by atoms with van der Waals surface area (Å²) in [4.78, 5) is 32.9. The summed E-state index contributed by atoms with van der Waals surface area (Å²) in [6, 6.07) is 9.77. The molecule has 8 heteroatoms. The van der Waals surface area contributed by atoms with Crippen LogP contribution in [0.1, 0.15) is 23.6 Å². The average Bonchev–Trinajstić information content (AvgIpc) is 3.24. The Bertz CT molecular complexity index is 870. The molecule has 7 nitrogen and oxygen atoms in total. The second-order valence-corrected chi connectivity index (χ2v) is 7.42. The Balaban J connectivity index is 1.27. The molecule has 0 bridgehead atoms. The van der Waals surface area contributed by atoms with E-state index in [0.29, 0.717) is 38.2 Å². The molecular weight excluding hydrogens is 373 g/mol. The highest BCUT2D eigenvalue weighted by Gasteiger charge is 2.34. The molecule has 4 rings (SSSR count). The molecule has 2 fully saturated rings. The summed E-state index contributed by atoms with van der Waals surface area (Å²) in [5, 5.41) is 0. The minimum absolute atomic E-state index is 0.0406. The van der Waals surface area contributed by atoms with Gasteiger partial charge >= 0.3 is 0 Å². The Morgan fingerprint density at radius 3 is 2.48 bits per heavy atom. The molecule has 3 heterocycles. The first-order valence-electron chi connectivity index (χ1n) is 9.82. The first-order chi connectivity index (χ1) is 14.1. The van der Waals surface area contributed by atoms with Gasteiger partial charge in [0.05, 0.1) is 6.42 Å². The lowest BCUT2D eigenvalue weighted by Crippen LogP contribution is -2.54. The zero-order chi connectivity index (χ0) is 20.2. The minimum atomic E-state index is -0.339. The van der Waals surface area contributed by atoms with Crippen LogP contribution in [-0.4, -0.2) is 58.8 Å². The van der Waals surface area contributed by atoms with Gasteiger partial charge in [0.2, 0.25) is 11.8 Å². The summed E-state index contributed by atoms with van der Waals surface area (Å²) in [6.07, 6.45) is 4.33. The van der Waals surface area contributed by atoms with Gasteiger partial charge in [-0.1, -0.05) is 12.1 Å². The first kappa shape index (κ1) is 19.5. The highest BCUT2D eigenvalue weighted by Crippen LogP contribution is 2.22. The van der Waals surface area contributed by atoms with Gasteiger partial charge in [0.1, 0.15) is 11.9 Å². The molecule has 0 spiro atoms. The van der Waals surface area contributed by atoms with Crippen LogP contribution in [0.15, 0.2) is 48.8 Å². The van der Waals surface area contributed by atoms with Crippen LogP contribution in [-0.2, 0) is 16.0 Å². The van der Waals surface area contributed by atoms with Crippen LogP contribution < -0.4 is 10.9 Å². The van der Waals surface area contributed by atoms with Crippen LogP contribution in [0.4, 0.5) is 4.39 Å². The molecule has 0 aliphatic carbocycles. The number of hydrogen-bond acceptors (Lipinski definition) is 5. The minimum Gasteiger partial charge on any atom is -0.339 e. The molecule has 152 valence electrons. The van der Waals surface area contributed by atoms with E-state index < -0.39 is 0 Å². The zero-order valence-electron chi connectivity index (χ0n) is 16.1. The molecule has 2 unspecified atom stereocenters. The van der Waals surface area contributed by atoms with Crippen LogP contribution in [0, 0.1) is 5.82 Å². The number of piperazine rings is 1. The Labute approximate surface area is 168 Å². The number of hydrazine groups is 1. The van der Waals surface area contributed by atoms with Crippen molar-refractivity contribution in [3.63, 3.8) is 0 Å². The molecule has 1 aromatic carbocycles. The molecule has 0 radical (unpaired) electrons. The summed E-state index contributed by atoms with van der Waals surface area (Å²) < 4.78 is 13.3. The molecule has 2 aromatic rings. The Kier molecular flexibility index (Phi) is 5.82. The second-order valence-electron chi connectivity index (χ2n) is 7.42. The Morgan fingerprint density at radius 1 is 1.03 bits per heavy atom. The fourth-order valence-electron chi connectivity index (χ4n) is 3.86. The molecule has 2 aliphatic heterocycles. The van der Waals surface area contributed by atoms with Crippen molar-refractivity contribution in [3.05, 3.63) is 65.7 Å². The lowest BCUT2D eigenvalue weighted by Gasteiger charge is -2.36. The third-order valence-corrected chi connectivity index (χ3v) is 5.50. The van der Waals surface area contributed by atoms with E-state index >= 15 is 0 Å². The van der Waals surface area contributed by atoms with Crippen molar-refractivity contribution in [1.82, 2.24) is 25.6 Å². The fourth-order valence-corrected chi connectivity index (χ4v) is 3.86. The van der Waals surface area contributed by atoms with Crippen molar-refractivity contribution >= 4 is 11.8 Å². The van der Waals surface area contributed by atoms with E-state index in [4.69, 9.17) is 0 Å². The number of rotatable bonds is 4. The van der Waals surface area contributed by atoms with Gasteiger partial charge in [-0.15, -0.1) is 0 Å². The van der Waals surface area contributed by atoms with Crippen molar-refractivity contribution in [2.45, 2.75) is 24.9 Å². The summed E-state index contributed by atoms with van der Waals surface area (Å²) in [5.74, 6) is -0.333. The number of carbonyl (C=O) groups is 2. The number of aromatic nitrogens is 1. The van der Waals surface area contributed by atoms with Crippen molar-refractivity contribution < 1.29 is 14.0 Å². The molecule has 1 aromatic heterocycles. The van der Waals surface area contributed by atoms with E-state index in [1.54, 1.807) is 34.3 Å². The monoisotopic (exact) mass is 397 g/mol. The number of benzene rings is 1. The van der Waals surface area contributed by atoms with E-state index in [2.05, 4.69) is 15.8 Å². The summed E-state index contributed by atoms with van der Waals surface area (Å²) >= 11 is 0. The predicted octanol–water partition coefficient (Wildman–Crippen LogP) is 1.04. The van der Waals surface area contributed by atoms with Crippen LogP contribution in [0.25, 0.3) is 0 Å². The van der Waals surface area contributed by atoms with E-state index in [-0.39, 0.29) is 36.1 Å². The van der Waals surface area contributed by atoms with Gasteiger partial charge in [-0.3, -0.25) is 14.6 Å². The lowest BCUT2D eigenvalue weighted by atomic mass is 10.0.